The second kappa shape index (κ2) is 5.13. The lowest BCUT2D eigenvalue weighted by molar-refractivity contribution is 0.0122. The number of para-hydroxylation sites is 1. The smallest absolute Gasteiger partial charge is 0.0965 e. The minimum Gasteiger partial charge on any atom is -0.398 e. The van der Waals surface area contributed by atoms with Gasteiger partial charge in [-0.05, 0) is 31.0 Å². The highest BCUT2D eigenvalue weighted by molar-refractivity contribution is 5.50. The van der Waals surface area contributed by atoms with Gasteiger partial charge in [0.1, 0.15) is 0 Å². The highest BCUT2D eigenvalue weighted by Gasteiger charge is 2.35. The molecule has 1 aliphatic heterocycles. The Hall–Kier alpha value is -2.07. The molecule has 0 radical (unpaired) electrons. The highest BCUT2D eigenvalue weighted by Crippen LogP contribution is 2.36. The number of pyridine rings is 1. The summed E-state index contributed by atoms with van der Waals surface area (Å²) in [7, 11) is 0. The van der Waals surface area contributed by atoms with Crippen molar-refractivity contribution in [1.29, 1.82) is 0 Å². The predicted octanol–water partition coefficient (Wildman–Crippen LogP) is 2.15. The van der Waals surface area contributed by atoms with Crippen LogP contribution in [0, 0.1) is 0 Å². The molecule has 2 heterocycles. The zero-order valence-corrected chi connectivity index (χ0v) is 11.4. The quantitative estimate of drug-likeness (QED) is 0.877. The summed E-state index contributed by atoms with van der Waals surface area (Å²) in [5.41, 5.74) is 7.69. The van der Waals surface area contributed by atoms with Gasteiger partial charge in [-0.3, -0.25) is 4.98 Å². The molecule has 1 aromatic heterocycles. The second-order valence-electron chi connectivity index (χ2n) is 5.32. The van der Waals surface area contributed by atoms with Crippen molar-refractivity contribution in [3.63, 3.8) is 0 Å². The molecule has 0 saturated carbocycles. The molecule has 1 aliphatic rings. The van der Waals surface area contributed by atoms with Crippen LogP contribution in [0.15, 0.2) is 48.8 Å². The monoisotopic (exact) mass is 269 g/mol. The highest BCUT2D eigenvalue weighted by atomic mass is 16.3. The van der Waals surface area contributed by atoms with E-state index in [2.05, 4.69) is 22.0 Å². The summed E-state index contributed by atoms with van der Waals surface area (Å²) in [6.07, 6.45) is 4.67. The molecule has 0 aliphatic carbocycles. The van der Waals surface area contributed by atoms with E-state index < -0.39 is 5.60 Å². The van der Waals surface area contributed by atoms with Gasteiger partial charge in [0.05, 0.1) is 5.60 Å². The van der Waals surface area contributed by atoms with Crippen LogP contribution in [0.5, 0.6) is 0 Å². The Labute approximate surface area is 118 Å². The topological polar surface area (TPSA) is 62.4 Å². The zero-order chi connectivity index (χ0) is 14.0. The van der Waals surface area contributed by atoms with E-state index in [-0.39, 0.29) is 0 Å². The van der Waals surface area contributed by atoms with Crippen LogP contribution in [0.3, 0.4) is 0 Å². The molecular weight excluding hydrogens is 250 g/mol. The van der Waals surface area contributed by atoms with Crippen molar-refractivity contribution in [2.24, 2.45) is 0 Å². The summed E-state index contributed by atoms with van der Waals surface area (Å²) in [5.74, 6) is 0. The fourth-order valence-electron chi connectivity index (χ4n) is 2.84. The number of aromatic nitrogens is 1. The van der Waals surface area contributed by atoms with E-state index in [1.54, 1.807) is 18.5 Å². The van der Waals surface area contributed by atoms with Crippen LogP contribution in [0.4, 0.5) is 11.4 Å². The molecule has 1 fully saturated rings. The molecule has 1 aromatic carbocycles. The lowest BCUT2D eigenvalue weighted by Crippen LogP contribution is -2.43. The van der Waals surface area contributed by atoms with Gasteiger partial charge in [-0.25, -0.2) is 0 Å². The Morgan fingerprint density at radius 3 is 2.45 bits per heavy atom. The second-order valence-corrected chi connectivity index (χ2v) is 5.32. The van der Waals surface area contributed by atoms with Crippen LogP contribution in [0.2, 0.25) is 0 Å². The SMILES string of the molecule is Nc1ccncc1C1(O)CCN(c2ccccc2)CC1. The summed E-state index contributed by atoms with van der Waals surface area (Å²) < 4.78 is 0. The van der Waals surface area contributed by atoms with Gasteiger partial charge >= 0.3 is 0 Å². The van der Waals surface area contributed by atoms with Gasteiger partial charge in [0.2, 0.25) is 0 Å². The Balaban J connectivity index is 1.77. The van der Waals surface area contributed by atoms with E-state index in [0.29, 0.717) is 18.5 Å². The van der Waals surface area contributed by atoms with E-state index in [0.717, 1.165) is 18.7 Å². The number of piperidine rings is 1. The van der Waals surface area contributed by atoms with Crippen molar-refractivity contribution in [3.05, 3.63) is 54.4 Å². The summed E-state index contributed by atoms with van der Waals surface area (Å²) >= 11 is 0. The van der Waals surface area contributed by atoms with Crippen molar-refractivity contribution >= 4 is 11.4 Å². The lowest BCUT2D eigenvalue weighted by atomic mass is 9.84. The molecule has 4 nitrogen and oxygen atoms in total. The van der Waals surface area contributed by atoms with Gasteiger partial charge in [0.25, 0.3) is 0 Å². The van der Waals surface area contributed by atoms with E-state index in [1.165, 1.54) is 5.69 Å². The first-order chi connectivity index (χ1) is 9.69. The Bertz CT molecular complexity index is 577. The fraction of sp³-hybridized carbons (Fsp3) is 0.312. The number of nitrogen functional groups attached to an aromatic ring is 1. The van der Waals surface area contributed by atoms with Crippen molar-refractivity contribution in [3.8, 4) is 0 Å². The number of benzene rings is 1. The number of hydrogen-bond acceptors (Lipinski definition) is 4. The maximum atomic E-state index is 10.8. The van der Waals surface area contributed by atoms with Crippen LogP contribution >= 0.6 is 0 Å². The number of anilines is 2. The molecule has 0 amide bonds. The van der Waals surface area contributed by atoms with Crippen LogP contribution in [-0.2, 0) is 5.60 Å². The van der Waals surface area contributed by atoms with Gasteiger partial charge in [0, 0.05) is 42.4 Å². The number of aliphatic hydroxyl groups is 1. The summed E-state index contributed by atoms with van der Waals surface area (Å²) in [6.45, 7) is 1.63. The number of rotatable bonds is 2. The number of nitrogens with zero attached hydrogens (tertiary/aromatic N) is 2. The Morgan fingerprint density at radius 2 is 1.80 bits per heavy atom. The Morgan fingerprint density at radius 1 is 1.10 bits per heavy atom. The summed E-state index contributed by atoms with van der Waals surface area (Å²) in [5, 5.41) is 10.8. The van der Waals surface area contributed by atoms with E-state index in [9.17, 15) is 5.11 Å². The molecule has 4 heteroatoms. The summed E-state index contributed by atoms with van der Waals surface area (Å²) in [6, 6.07) is 12.0. The van der Waals surface area contributed by atoms with Crippen LogP contribution in [0.25, 0.3) is 0 Å². The van der Waals surface area contributed by atoms with E-state index in [1.807, 2.05) is 18.2 Å². The molecular formula is C16H19N3O. The van der Waals surface area contributed by atoms with Crippen LogP contribution in [0.1, 0.15) is 18.4 Å². The standard InChI is InChI=1S/C16H19N3O/c17-15-6-9-18-12-14(15)16(20)7-10-19(11-8-16)13-4-2-1-3-5-13/h1-6,9,12,20H,7-8,10-11H2,(H2,17,18). The number of hydrogen-bond donors (Lipinski definition) is 2. The van der Waals surface area contributed by atoms with Gasteiger partial charge in [-0.1, -0.05) is 18.2 Å². The molecule has 2 aromatic rings. The maximum absolute atomic E-state index is 10.8. The van der Waals surface area contributed by atoms with Crippen molar-refractivity contribution in [1.82, 2.24) is 4.98 Å². The average Bonchev–Trinajstić information content (AvgIpc) is 2.49. The molecule has 0 atom stereocenters. The molecule has 104 valence electrons. The molecule has 0 unspecified atom stereocenters. The molecule has 20 heavy (non-hydrogen) atoms. The largest absolute Gasteiger partial charge is 0.398 e. The van der Waals surface area contributed by atoms with Crippen molar-refractivity contribution in [2.45, 2.75) is 18.4 Å². The molecule has 1 saturated heterocycles. The third-order valence-corrected chi connectivity index (χ3v) is 4.07. The zero-order valence-electron chi connectivity index (χ0n) is 11.4. The lowest BCUT2D eigenvalue weighted by Gasteiger charge is -2.39. The van der Waals surface area contributed by atoms with Gasteiger partial charge in [-0.15, -0.1) is 0 Å². The van der Waals surface area contributed by atoms with Gasteiger partial charge in [-0.2, -0.15) is 0 Å². The number of nitrogens with two attached hydrogens (primary N) is 1. The van der Waals surface area contributed by atoms with Crippen molar-refractivity contribution < 1.29 is 5.11 Å². The van der Waals surface area contributed by atoms with Gasteiger partial charge in [0.15, 0.2) is 0 Å². The molecule has 0 bridgehead atoms. The average molecular weight is 269 g/mol. The third kappa shape index (κ3) is 2.34. The molecule has 3 rings (SSSR count). The first-order valence-electron chi connectivity index (χ1n) is 6.91. The Kier molecular flexibility index (Phi) is 3.32. The molecule has 3 N–H and O–H groups in total. The van der Waals surface area contributed by atoms with Crippen LogP contribution in [-0.4, -0.2) is 23.2 Å². The summed E-state index contributed by atoms with van der Waals surface area (Å²) in [4.78, 5) is 6.38. The fourth-order valence-corrected chi connectivity index (χ4v) is 2.84. The van der Waals surface area contributed by atoms with Gasteiger partial charge < -0.3 is 15.7 Å². The first kappa shape index (κ1) is 12.9. The maximum Gasteiger partial charge on any atom is 0.0965 e. The van der Waals surface area contributed by atoms with Crippen molar-refractivity contribution in [2.75, 3.05) is 23.7 Å². The minimum absolute atomic E-state index is 0.621. The normalized spacial score (nSPS) is 17.9. The van der Waals surface area contributed by atoms with E-state index in [4.69, 9.17) is 5.73 Å². The first-order valence-corrected chi connectivity index (χ1v) is 6.91. The third-order valence-electron chi connectivity index (χ3n) is 4.07. The molecule has 0 spiro atoms. The predicted molar refractivity (Wildman–Crippen MR) is 80.4 cm³/mol. The van der Waals surface area contributed by atoms with Crippen LogP contribution < -0.4 is 10.6 Å². The minimum atomic E-state index is -0.858. The van der Waals surface area contributed by atoms with E-state index >= 15 is 0 Å².